The molecule has 1 atom stereocenters. The molecular formula is C7H12F2O2. The van der Waals surface area contributed by atoms with Crippen LogP contribution in [-0.4, -0.2) is 23.9 Å². The highest BCUT2D eigenvalue weighted by Crippen LogP contribution is 2.43. The molecule has 0 aromatic carbocycles. The van der Waals surface area contributed by atoms with Crippen LogP contribution in [0, 0.1) is 5.41 Å². The van der Waals surface area contributed by atoms with Gasteiger partial charge in [-0.1, -0.05) is 13.8 Å². The second-order valence-electron chi connectivity index (χ2n) is 3.56. The van der Waals surface area contributed by atoms with Gasteiger partial charge in [-0.2, -0.15) is 0 Å². The highest BCUT2D eigenvalue weighted by Gasteiger charge is 2.51. The van der Waals surface area contributed by atoms with Gasteiger partial charge < -0.3 is 9.84 Å². The third-order valence-corrected chi connectivity index (χ3v) is 2.13. The van der Waals surface area contributed by atoms with Gasteiger partial charge in [0.05, 0.1) is 0 Å². The Bertz CT molecular complexity index is 157. The minimum absolute atomic E-state index is 0.0139. The summed E-state index contributed by atoms with van der Waals surface area (Å²) in [6, 6.07) is 0. The molecule has 1 unspecified atom stereocenters. The summed E-state index contributed by atoms with van der Waals surface area (Å²) in [6.07, 6.45) is -1.05. The molecule has 2 nitrogen and oxygen atoms in total. The molecule has 1 N–H and O–H groups in total. The number of aliphatic hydroxyl groups is 1. The summed E-state index contributed by atoms with van der Waals surface area (Å²) in [5.41, 5.74) is -1.16. The summed E-state index contributed by atoms with van der Waals surface area (Å²) < 4.78 is 30.3. The maximum absolute atomic E-state index is 12.9. The summed E-state index contributed by atoms with van der Waals surface area (Å²) in [6.45, 7) is 2.18. The zero-order valence-electron chi connectivity index (χ0n) is 6.60. The van der Waals surface area contributed by atoms with Crippen molar-refractivity contribution in [3.05, 3.63) is 0 Å². The zero-order chi connectivity index (χ0) is 8.70. The van der Waals surface area contributed by atoms with Crippen molar-refractivity contribution in [1.82, 2.24) is 0 Å². The summed E-state index contributed by atoms with van der Waals surface area (Å²) >= 11 is 0. The van der Waals surface area contributed by atoms with Crippen molar-refractivity contribution in [2.24, 2.45) is 5.41 Å². The lowest BCUT2D eigenvalue weighted by Gasteiger charge is -2.39. The van der Waals surface area contributed by atoms with Gasteiger partial charge >= 0.3 is 0 Å². The number of hydrogen-bond acceptors (Lipinski definition) is 2. The van der Waals surface area contributed by atoms with Gasteiger partial charge in [0.25, 0.3) is 5.92 Å². The fourth-order valence-electron chi connectivity index (χ4n) is 1.04. The van der Waals surface area contributed by atoms with Gasteiger partial charge in [0, 0.05) is 11.8 Å². The lowest BCUT2D eigenvalue weighted by atomic mass is 9.81. The Morgan fingerprint density at radius 2 is 2.00 bits per heavy atom. The van der Waals surface area contributed by atoms with Crippen molar-refractivity contribution < 1.29 is 18.6 Å². The quantitative estimate of drug-likeness (QED) is 0.589. The largest absolute Gasteiger partial charge is 0.368 e. The first kappa shape index (κ1) is 8.87. The molecule has 0 bridgehead atoms. The summed E-state index contributed by atoms with van der Waals surface area (Å²) in [4.78, 5) is 0. The first-order valence-electron chi connectivity index (χ1n) is 3.53. The van der Waals surface area contributed by atoms with E-state index in [0.29, 0.717) is 0 Å². The predicted octanol–water partition coefficient (Wildman–Crippen LogP) is 1.39. The number of ether oxygens (including phenoxy) is 1. The molecule has 1 rings (SSSR count). The van der Waals surface area contributed by atoms with Crippen molar-refractivity contribution in [2.75, 3.05) is 6.61 Å². The van der Waals surface area contributed by atoms with Gasteiger partial charge in [0.2, 0.25) is 0 Å². The van der Waals surface area contributed by atoms with Crippen LogP contribution in [0.1, 0.15) is 20.3 Å². The Morgan fingerprint density at radius 1 is 1.45 bits per heavy atom. The first-order chi connectivity index (χ1) is 4.85. The Kier molecular flexibility index (Phi) is 1.92. The highest BCUT2D eigenvalue weighted by atomic mass is 19.3. The van der Waals surface area contributed by atoms with Gasteiger partial charge in [-0.3, -0.25) is 0 Å². The Labute approximate surface area is 64.2 Å². The third-order valence-electron chi connectivity index (χ3n) is 2.13. The molecule has 66 valence electrons. The monoisotopic (exact) mass is 166 g/mol. The van der Waals surface area contributed by atoms with Gasteiger partial charge in [-0.25, -0.2) is 8.78 Å². The first-order valence-corrected chi connectivity index (χ1v) is 3.53. The van der Waals surface area contributed by atoms with Crippen LogP contribution in [0.5, 0.6) is 0 Å². The molecule has 0 aromatic rings. The lowest BCUT2D eigenvalue weighted by Crippen LogP contribution is -2.48. The number of aliphatic hydroxyl groups excluding tert-OH is 1. The van der Waals surface area contributed by atoms with E-state index in [1.165, 1.54) is 13.8 Å². The van der Waals surface area contributed by atoms with Gasteiger partial charge in [-0.05, 0) is 0 Å². The minimum Gasteiger partial charge on any atom is -0.368 e. The van der Waals surface area contributed by atoms with Crippen molar-refractivity contribution >= 4 is 0 Å². The van der Waals surface area contributed by atoms with Crippen LogP contribution in [0.15, 0.2) is 0 Å². The van der Waals surface area contributed by atoms with Crippen LogP contribution in [0.2, 0.25) is 0 Å². The standard InChI is InChI=1S/C7H12F2O2/c1-6(2)3-5(10)11-4-7(6,8)9/h5,10H,3-4H2,1-2H3. The average Bonchev–Trinajstić information content (AvgIpc) is 1.80. The van der Waals surface area contributed by atoms with E-state index in [1.54, 1.807) is 0 Å². The molecular weight excluding hydrogens is 154 g/mol. The smallest absolute Gasteiger partial charge is 0.276 e. The van der Waals surface area contributed by atoms with Gasteiger partial charge in [0.1, 0.15) is 6.61 Å². The predicted molar refractivity (Wildman–Crippen MR) is 35.3 cm³/mol. The van der Waals surface area contributed by atoms with E-state index in [-0.39, 0.29) is 6.42 Å². The molecule has 0 aliphatic carbocycles. The van der Waals surface area contributed by atoms with E-state index in [0.717, 1.165) is 0 Å². The molecule has 0 spiro atoms. The zero-order valence-corrected chi connectivity index (χ0v) is 6.60. The molecule has 1 fully saturated rings. The van der Waals surface area contributed by atoms with E-state index < -0.39 is 24.2 Å². The Balaban J connectivity index is 2.72. The highest BCUT2D eigenvalue weighted by molar-refractivity contribution is 4.89. The molecule has 1 heterocycles. The van der Waals surface area contributed by atoms with E-state index >= 15 is 0 Å². The van der Waals surface area contributed by atoms with Crippen molar-refractivity contribution in [2.45, 2.75) is 32.5 Å². The fraction of sp³-hybridized carbons (Fsp3) is 1.00. The molecule has 1 aliphatic rings. The maximum atomic E-state index is 12.9. The normalized spacial score (nSPS) is 35.2. The summed E-state index contributed by atoms with van der Waals surface area (Å²) in [5, 5.41) is 8.92. The number of rotatable bonds is 0. The molecule has 0 saturated carbocycles. The van der Waals surface area contributed by atoms with Gasteiger partial charge in [-0.15, -0.1) is 0 Å². The summed E-state index contributed by atoms with van der Waals surface area (Å²) in [5.74, 6) is -2.83. The van der Waals surface area contributed by atoms with Crippen LogP contribution in [0.25, 0.3) is 0 Å². The average molecular weight is 166 g/mol. The summed E-state index contributed by atoms with van der Waals surface area (Å²) in [7, 11) is 0. The second kappa shape index (κ2) is 2.38. The van der Waals surface area contributed by atoms with Crippen LogP contribution in [-0.2, 0) is 4.74 Å². The van der Waals surface area contributed by atoms with E-state index in [9.17, 15) is 8.78 Å². The molecule has 1 aliphatic heterocycles. The van der Waals surface area contributed by atoms with Crippen molar-refractivity contribution in [3.8, 4) is 0 Å². The number of hydrogen-bond donors (Lipinski definition) is 1. The SMILES string of the molecule is CC1(C)CC(O)OCC1(F)F. The minimum atomic E-state index is -2.83. The number of alkyl halides is 2. The topological polar surface area (TPSA) is 29.5 Å². The fourth-order valence-corrected chi connectivity index (χ4v) is 1.04. The van der Waals surface area contributed by atoms with Gasteiger partial charge in [0.15, 0.2) is 6.29 Å². The lowest BCUT2D eigenvalue weighted by molar-refractivity contribution is -0.261. The van der Waals surface area contributed by atoms with Crippen molar-refractivity contribution in [1.29, 1.82) is 0 Å². The molecule has 0 amide bonds. The Morgan fingerprint density at radius 3 is 2.36 bits per heavy atom. The van der Waals surface area contributed by atoms with Crippen LogP contribution >= 0.6 is 0 Å². The molecule has 0 aromatic heterocycles. The van der Waals surface area contributed by atoms with Crippen LogP contribution in [0.3, 0.4) is 0 Å². The van der Waals surface area contributed by atoms with E-state index in [2.05, 4.69) is 4.74 Å². The maximum Gasteiger partial charge on any atom is 0.276 e. The van der Waals surface area contributed by atoms with E-state index in [4.69, 9.17) is 5.11 Å². The van der Waals surface area contributed by atoms with Crippen LogP contribution in [0.4, 0.5) is 8.78 Å². The molecule has 1 saturated heterocycles. The Hall–Kier alpha value is -0.220. The van der Waals surface area contributed by atoms with Crippen molar-refractivity contribution in [3.63, 3.8) is 0 Å². The van der Waals surface area contributed by atoms with Crippen LogP contribution < -0.4 is 0 Å². The molecule has 4 heteroatoms. The number of halogens is 2. The molecule has 11 heavy (non-hydrogen) atoms. The van der Waals surface area contributed by atoms with E-state index in [1.807, 2.05) is 0 Å². The third kappa shape index (κ3) is 1.51. The second-order valence-corrected chi connectivity index (χ2v) is 3.56. The molecule has 0 radical (unpaired) electrons.